The molecule has 0 atom stereocenters. The van der Waals surface area contributed by atoms with Crippen LogP contribution in [0.5, 0.6) is 0 Å². The summed E-state index contributed by atoms with van der Waals surface area (Å²) in [7, 11) is 0. The van der Waals surface area contributed by atoms with Gasteiger partial charge < -0.3 is 16.1 Å². The van der Waals surface area contributed by atoms with E-state index in [0.29, 0.717) is 24.5 Å². The molecule has 5 N–H and O–H groups in total. The van der Waals surface area contributed by atoms with Gasteiger partial charge >= 0.3 is 0 Å². The number of anilines is 2. The molecule has 7 heteroatoms. The molecule has 0 saturated heterocycles. The Kier molecular flexibility index (Phi) is 4.81. The lowest BCUT2D eigenvalue weighted by Crippen LogP contribution is -2.02. The van der Waals surface area contributed by atoms with E-state index in [4.69, 9.17) is 11.4 Å². The third kappa shape index (κ3) is 4.27. The van der Waals surface area contributed by atoms with Crippen molar-refractivity contribution in [3.63, 3.8) is 0 Å². The van der Waals surface area contributed by atoms with Gasteiger partial charge in [-0.15, -0.1) is 5.11 Å². The van der Waals surface area contributed by atoms with Gasteiger partial charge in [-0.2, -0.15) is 5.10 Å². The topological polar surface area (TPSA) is 119 Å². The maximum absolute atomic E-state index is 11.3. The number of aromatic amines is 1. The van der Waals surface area contributed by atoms with Gasteiger partial charge in [0.25, 0.3) is 0 Å². The van der Waals surface area contributed by atoms with E-state index >= 15 is 0 Å². The van der Waals surface area contributed by atoms with Crippen molar-refractivity contribution in [3.8, 4) is 0 Å². The molecule has 0 unspecified atom stereocenters. The number of hydrogen-bond donors (Lipinski definition) is 4. The Morgan fingerprint density at radius 1 is 1.33 bits per heavy atom. The number of pyridine rings is 1. The molecule has 0 bridgehead atoms. The first kappa shape index (κ1) is 14.4. The van der Waals surface area contributed by atoms with E-state index in [1.54, 1.807) is 6.20 Å². The lowest BCUT2D eigenvalue weighted by molar-refractivity contribution is 0.981. The van der Waals surface area contributed by atoms with Gasteiger partial charge in [0.15, 0.2) is 11.3 Å². The quantitative estimate of drug-likeness (QED) is 0.222. The number of amidine groups is 1. The number of hydrogen-bond acceptors (Lipinski definition) is 5. The standard InChI is InChI=1S/C14H16N6O/c15-19-13(20-16)5-4-10-2-1-3-11(8-10)18-14-9-12(21)6-7-17-14/h1-3,6-9,15H,4-5,16H2,(H2,17,18,21). The number of hydrazone groups is 1. The maximum Gasteiger partial charge on any atom is 0.183 e. The molecule has 1 aromatic carbocycles. The summed E-state index contributed by atoms with van der Waals surface area (Å²) in [6, 6.07) is 10.7. The summed E-state index contributed by atoms with van der Waals surface area (Å²) < 4.78 is 0. The molecular formula is C14H16N6O. The largest absolute Gasteiger partial charge is 0.348 e. The molecule has 0 saturated carbocycles. The fourth-order valence-corrected chi connectivity index (χ4v) is 1.88. The summed E-state index contributed by atoms with van der Waals surface area (Å²) >= 11 is 0. The Hall–Kier alpha value is -2.96. The van der Waals surface area contributed by atoms with Crippen molar-refractivity contribution in [1.29, 1.82) is 5.53 Å². The van der Waals surface area contributed by atoms with Gasteiger partial charge in [0.05, 0.1) is 0 Å². The molecule has 0 aliphatic rings. The number of nitrogens with one attached hydrogen (secondary N) is 3. The molecule has 2 rings (SSSR count). The second kappa shape index (κ2) is 6.99. The van der Waals surface area contributed by atoms with E-state index in [1.165, 1.54) is 12.1 Å². The van der Waals surface area contributed by atoms with Crippen LogP contribution in [0.3, 0.4) is 0 Å². The van der Waals surface area contributed by atoms with Gasteiger partial charge in [-0.1, -0.05) is 12.1 Å². The van der Waals surface area contributed by atoms with Gasteiger partial charge in [-0.3, -0.25) is 4.79 Å². The van der Waals surface area contributed by atoms with Gasteiger partial charge in [0.1, 0.15) is 5.82 Å². The highest BCUT2D eigenvalue weighted by atomic mass is 16.1. The first-order chi connectivity index (χ1) is 10.2. The van der Waals surface area contributed by atoms with Crippen molar-refractivity contribution < 1.29 is 0 Å². The van der Waals surface area contributed by atoms with Gasteiger partial charge in [-0.25, -0.2) is 5.53 Å². The highest BCUT2D eigenvalue weighted by Crippen LogP contribution is 2.16. The van der Waals surface area contributed by atoms with Crippen molar-refractivity contribution in [2.24, 2.45) is 16.1 Å². The average molecular weight is 284 g/mol. The summed E-state index contributed by atoms with van der Waals surface area (Å²) in [5.41, 5.74) is 8.77. The molecule has 0 aliphatic heterocycles. The molecule has 1 heterocycles. The molecule has 0 spiro atoms. The lowest BCUT2D eigenvalue weighted by Gasteiger charge is -2.08. The molecule has 0 aliphatic carbocycles. The number of H-pyrrole nitrogens is 1. The van der Waals surface area contributed by atoms with Crippen molar-refractivity contribution in [2.45, 2.75) is 12.8 Å². The third-order valence-corrected chi connectivity index (χ3v) is 2.89. The molecule has 2 aromatic rings. The van der Waals surface area contributed by atoms with Crippen LogP contribution in [0.25, 0.3) is 0 Å². The Morgan fingerprint density at radius 3 is 2.90 bits per heavy atom. The second-order valence-electron chi connectivity index (χ2n) is 4.42. The molecule has 0 fully saturated rings. The minimum Gasteiger partial charge on any atom is -0.348 e. The molecule has 108 valence electrons. The molecule has 21 heavy (non-hydrogen) atoms. The Morgan fingerprint density at radius 2 is 2.19 bits per heavy atom. The first-order valence-corrected chi connectivity index (χ1v) is 6.40. The monoisotopic (exact) mass is 284 g/mol. The molecule has 0 radical (unpaired) electrons. The Bertz CT molecular complexity index is 706. The van der Waals surface area contributed by atoms with E-state index in [-0.39, 0.29) is 5.43 Å². The predicted molar refractivity (Wildman–Crippen MR) is 81.9 cm³/mol. The Labute approximate surface area is 121 Å². The zero-order chi connectivity index (χ0) is 15.1. The van der Waals surface area contributed by atoms with E-state index < -0.39 is 0 Å². The number of aryl methyl sites for hydroxylation is 1. The highest BCUT2D eigenvalue weighted by Gasteiger charge is 2.01. The van der Waals surface area contributed by atoms with E-state index in [1.807, 2.05) is 24.3 Å². The van der Waals surface area contributed by atoms with Crippen LogP contribution in [0.4, 0.5) is 11.5 Å². The van der Waals surface area contributed by atoms with Crippen molar-refractivity contribution in [1.82, 2.24) is 4.98 Å². The summed E-state index contributed by atoms with van der Waals surface area (Å²) in [5, 5.41) is 9.80. The van der Waals surface area contributed by atoms with Crippen molar-refractivity contribution in [3.05, 3.63) is 58.4 Å². The predicted octanol–water partition coefficient (Wildman–Crippen LogP) is 2.35. The number of nitrogens with zero attached hydrogens (tertiary/aromatic N) is 2. The van der Waals surface area contributed by atoms with Crippen LogP contribution < -0.4 is 16.6 Å². The summed E-state index contributed by atoms with van der Waals surface area (Å²) in [5.74, 6) is 6.06. The van der Waals surface area contributed by atoms with Crippen LogP contribution >= 0.6 is 0 Å². The maximum atomic E-state index is 11.3. The van der Waals surface area contributed by atoms with Crippen LogP contribution in [-0.2, 0) is 6.42 Å². The zero-order valence-electron chi connectivity index (χ0n) is 11.3. The van der Waals surface area contributed by atoms with Crippen LogP contribution in [0.1, 0.15) is 12.0 Å². The van der Waals surface area contributed by atoms with E-state index in [2.05, 4.69) is 20.5 Å². The second-order valence-corrected chi connectivity index (χ2v) is 4.42. The molecule has 0 amide bonds. The fourth-order valence-electron chi connectivity index (χ4n) is 1.88. The summed E-state index contributed by atoms with van der Waals surface area (Å²) in [4.78, 5) is 14.2. The minimum atomic E-state index is -0.0618. The van der Waals surface area contributed by atoms with Crippen LogP contribution in [0.15, 0.2) is 57.6 Å². The first-order valence-electron chi connectivity index (χ1n) is 6.40. The smallest absolute Gasteiger partial charge is 0.183 e. The third-order valence-electron chi connectivity index (χ3n) is 2.89. The number of aromatic nitrogens is 1. The van der Waals surface area contributed by atoms with Crippen LogP contribution in [0, 0.1) is 5.53 Å². The van der Waals surface area contributed by atoms with Crippen LogP contribution in [-0.4, -0.2) is 10.8 Å². The minimum absolute atomic E-state index is 0.0618. The molecular weight excluding hydrogens is 268 g/mol. The number of rotatable bonds is 5. The Balaban J connectivity index is 2.07. The van der Waals surface area contributed by atoms with Crippen LogP contribution in [0.2, 0.25) is 0 Å². The van der Waals surface area contributed by atoms with Crippen molar-refractivity contribution in [2.75, 3.05) is 5.32 Å². The number of nitrogens with two attached hydrogens (primary N) is 1. The molecule has 1 aromatic heterocycles. The van der Waals surface area contributed by atoms with Gasteiger partial charge in [-0.05, 0) is 24.1 Å². The summed E-state index contributed by atoms with van der Waals surface area (Å²) in [6.07, 6.45) is 2.78. The van der Waals surface area contributed by atoms with Crippen molar-refractivity contribution >= 4 is 17.3 Å². The van der Waals surface area contributed by atoms with E-state index in [0.717, 1.165) is 11.3 Å². The SMILES string of the molecule is N=NC(CCc1cccc(Nc2cc(=O)cc[nH]2)c1)=NN. The highest BCUT2D eigenvalue weighted by molar-refractivity contribution is 5.82. The molecule has 7 nitrogen and oxygen atoms in total. The summed E-state index contributed by atoms with van der Waals surface area (Å²) in [6.45, 7) is 0. The number of benzene rings is 1. The van der Waals surface area contributed by atoms with Gasteiger partial charge in [0, 0.05) is 30.4 Å². The lowest BCUT2D eigenvalue weighted by atomic mass is 10.1. The normalized spacial score (nSPS) is 11.1. The fraction of sp³-hybridized carbons (Fsp3) is 0.143. The zero-order valence-corrected chi connectivity index (χ0v) is 11.3. The van der Waals surface area contributed by atoms with E-state index in [9.17, 15) is 4.79 Å². The average Bonchev–Trinajstić information content (AvgIpc) is 2.49. The van der Waals surface area contributed by atoms with Gasteiger partial charge in [0.2, 0.25) is 0 Å².